The van der Waals surface area contributed by atoms with Gasteiger partial charge in [0.2, 0.25) is 5.88 Å². The van der Waals surface area contributed by atoms with Gasteiger partial charge < -0.3 is 5.11 Å². The lowest BCUT2D eigenvalue weighted by atomic mass is 9.94. The van der Waals surface area contributed by atoms with Crippen LogP contribution in [0.3, 0.4) is 0 Å². The Kier molecular flexibility index (Phi) is 4.31. The first-order valence-electron chi connectivity index (χ1n) is 9.55. The maximum Gasteiger partial charge on any atom is 0.331 e. The van der Waals surface area contributed by atoms with Gasteiger partial charge >= 0.3 is 5.69 Å². The largest absolute Gasteiger partial charge is 0.493 e. The molecule has 0 radical (unpaired) electrons. The number of aromatic nitrogens is 5. The maximum absolute atomic E-state index is 12.1. The molecule has 2 aromatic carbocycles. The molecule has 1 saturated carbocycles. The molecule has 1 fully saturated rings. The first-order chi connectivity index (χ1) is 14.0. The van der Waals surface area contributed by atoms with E-state index in [2.05, 4.69) is 49.5 Å². The number of benzene rings is 2. The first kappa shape index (κ1) is 18.2. The highest BCUT2D eigenvalue weighted by atomic mass is 79.9. The van der Waals surface area contributed by atoms with Crippen LogP contribution in [0.1, 0.15) is 28.8 Å². The molecule has 1 atom stereocenters. The summed E-state index contributed by atoms with van der Waals surface area (Å²) < 4.78 is 2.72. The van der Waals surface area contributed by atoms with Crippen molar-refractivity contribution in [3.8, 4) is 17.0 Å². The summed E-state index contributed by atoms with van der Waals surface area (Å²) in [5.41, 5.74) is 5.94. The lowest BCUT2D eigenvalue weighted by Crippen LogP contribution is -2.22. The highest BCUT2D eigenvalue weighted by molar-refractivity contribution is 9.09. The van der Waals surface area contributed by atoms with Gasteiger partial charge in [0.05, 0.1) is 12.7 Å². The molecule has 0 saturated heterocycles. The number of nitrogens with zero attached hydrogens (tertiary/aromatic N) is 4. The van der Waals surface area contributed by atoms with E-state index in [-0.39, 0.29) is 16.4 Å². The third-order valence-electron chi connectivity index (χ3n) is 5.61. The zero-order chi connectivity index (χ0) is 20.1. The van der Waals surface area contributed by atoms with Crippen molar-refractivity contribution in [1.82, 2.24) is 24.5 Å². The number of hydrogen-bond donors (Lipinski definition) is 2. The summed E-state index contributed by atoms with van der Waals surface area (Å²) in [5.74, 6) is 0.591. The van der Waals surface area contributed by atoms with Gasteiger partial charge in [-0.15, -0.1) is 0 Å². The van der Waals surface area contributed by atoms with E-state index in [9.17, 15) is 9.90 Å². The summed E-state index contributed by atoms with van der Waals surface area (Å²) in [6.07, 6.45) is 3.90. The van der Waals surface area contributed by atoms with E-state index in [1.54, 1.807) is 7.05 Å². The fraction of sp³-hybridized carbons (Fsp3) is 0.286. The van der Waals surface area contributed by atoms with Crippen LogP contribution in [0.4, 0.5) is 0 Å². The number of aromatic amines is 1. The van der Waals surface area contributed by atoms with E-state index >= 15 is 0 Å². The summed E-state index contributed by atoms with van der Waals surface area (Å²) in [6.45, 7) is 0.409. The fourth-order valence-electron chi connectivity index (χ4n) is 3.76. The molecule has 2 heterocycles. The van der Waals surface area contributed by atoms with E-state index < -0.39 is 0 Å². The van der Waals surface area contributed by atoms with E-state index in [1.165, 1.54) is 33.7 Å². The molecule has 0 spiro atoms. The molecule has 29 heavy (non-hydrogen) atoms. The standard InChI is InChI=1S/C21H20BrN5O2/c1-26-17(28)11-27(21(26)29)10-12-2-4-13(5-3-12)15-8-9-16-20(24-25-23-16)18(15)19(22)14-6-7-14/h2-5,8-9,11,14,19,28H,6-7,10H2,1H3,(H,23,24,25). The molecule has 1 aliphatic carbocycles. The summed E-state index contributed by atoms with van der Waals surface area (Å²) in [7, 11) is 1.55. The van der Waals surface area contributed by atoms with E-state index in [0.717, 1.165) is 27.7 Å². The Bertz CT molecular complexity index is 1250. The second-order valence-electron chi connectivity index (χ2n) is 7.61. The lowest BCUT2D eigenvalue weighted by molar-refractivity contribution is 0.429. The van der Waals surface area contributed by atoms with Crippen LogP contribution in [0.15, 0.2) is 47.4 Å². The zero-order valence-corrected chi connectivity index (χ0v) is 17.4. The number of aromatic hydroxyl groups is 1. The van der Waals surface area contributed by atoms with Crippen LogP contribution in [0.5, 0.6) is 5.88 Å². The Morgan fingerprint density at radius 2 is 1.97 bits per heavy atom. The van der Waals surface area contributed by atoms with E-state index in [0.29, 0.717) is 12.5 Å². The minimum absolute atomic E-state index is 0.0411. The van der Waals surface area contributed by atoms with Crippen molar-refractivity contribution in [3.63, 3.8) is 0 Å². The summed E-state index contributed by atoms with van der Waals surface area (Å²) in [5, 5.41) is 21.1. The van der Waals surface area contributed by atoms with Gasteiger partial charge in [0.15, 0.2) is 0 Å². The van der Waals surface area contributed by atoms with Crippen molar-refractivity contribution in [2.75, 3.05) is 0 Å². The summed E-state index contributed by atoms with van der Waals surface area (Å²) >= 11 is 3.90. The molecule has 0 bridgehead atoms. The number of nitrogens with one attached hydrogen (secondary N) is 1. The number of fused-ring (bicyclic) bond motifs is 1. The van der Waals surface area contributed by atoms with Gasteiger partial charge in [-0.25, -0.2) is 4.79 Å². The monoisotopic (exact) mass is 453 g/mol. The first-order valence-corrected chi connectivity index (χ1v) is 10.5. The zero-order valence-electron chi connectivity index (χ0n) is 15.8. The van der Waals surface area contributed by atoms with Crippen molar-refractivity contribution in [2.45, 2.75) is 24.2 Å². The van der Waals surface area contributed by atoms with Crippen molar-refractivity contribution in [3.05, 3.63) is 64.2 Å². The van der Waals surface area contributed by atoms with Gasteiger partial charge in [-0.3, -0.25) is 9.13 Å². The van der Waals surface area contributed by atoms with Crippen molar-refractivity contribution in [1.29, 1.82) is 0 Å². The van der Waals surface area contributed by atoms with Crippen LogP contribution >= 0.6 is 15.9 Å². The molecule has 2 aromatic heterocycles. The Balaban J connectivity index is 1.51. The van der Waals surface area contributed by atoms with Crippen LogP contribution in [0.2, 0.25) is 0 Å². The Hall–Kier alpha value is -2.87. The minimum atomic E-state index is -0.239. The van der Waals surface area contributed by atoms with Crippen molar-refractivity contribution in [2.24, 2.45) is 13.0 Å². The van der Waals surface area contributed by atoms with Gasteiger partial charge in [0, 0.05) is 17.4 Å². The molecular formula is C21H20BrN5O2. The summed E-state index contributed by atoms with van der Waals surface area (Å²) in [6, 6.07) is 12.3. The number of hydrogen-bond acceptors (Lipinski definition) is 4. The van der Waals surface area contributed by atoms with Crippen molar-refractivity contribution < 1.29 is 5.11 Å². The van der Waals surface area contributed by atoms with Crippen LogP contribution in [-0.2, 0) is 13.6 Å². The highest BCUT2D eigenvalue weighted by Crippen LogP contribution is 2.50. The second-order valence-corrected chi connectivity index (χ2v) is 8.60. The molecule has 0 aliphatic heterocycles. The third kappa shape index (κ3) is 3.17. The molecule has 0 amide bonds. The molecule has 1 aliphatic rings. The number of H-pyrrole nitrogens is 1. The number of alkyl halides is 1. The molecule has 1 unspecified atom stereocenters. The quantitative estimate of drug-likeness (QED) is 0.450. The van der Waals surface area contributed by atoms with Gasteiger partial charge in [-0.05, 0) is 41.5 Å². The maximum atomic E-state index is 12.1. The SMILES string of the molecule is Cn1c(O)cn(Cc2ccc(-c3ccc4n[nH]nc4c3C(Br)C3CC3)cc2)c1=O. The Labute approximate surface area is 175 Å². The predicted octanol–water partition coefficient (Wildman–Crippen LogP) is 3.73. The van der Waals surface area contributed by atoms with Gasteiger partial charge in [0.1, 0.15) is 11.0 Å². The Morgan fingerprint density at radius 3 is 2.62 bits per heavy atom. The predicted molar refractivity (Wildman–Crippen MR) is 114 cm³/mol. The van der Waals surface area contributed by atoms with Gasteiger partial charge in [-0.1, -0.05) is 46.3 Å². The molecule has 148 valence electrons. The van der Waals surface area contributed by atoms with Crippen LogP contribution in [0, 0.1) is 5.92 Å². The highest BCUT2D eigenvalue weighted by Gasteiger charge is 2.33. The lowest BCUT2D eigenvalue weighted by Gasteiger charge is -2.16. The Morgan fingerprint density at radius 1 is 1.21 bits per heavy atom. The van der Waals surface area contributed by atoms with Gasteiger partial charge in [-0.2, -0.15) is 15.4 Å². The minimum Gasteiger partial charge on any atom is -0.493 e. The molecule has 7 nitrogen and oxygen atoms in total. The number of halogens is 1. The third-order valence-corrected chi connectivity index (χ3v) is 6.81. The van der Waals surface area contributed by atoms with E-state index in [1.807, 2.05) is 18.2 Å². The number of imidazole rings is 1. The summed E-state index contributed by atoms with van der Waals surface area (Å²) in [4.78, 5) is 12.4. The van der Waals surface area contributed by atoms with Gasteiger partial charge in [0.25, 0.3) is 0 Å². The molecule has 8 heteroatoms. The molecule has 5 rings (SSSR count). The molecular weight excluding hydrogens is 434 g/mol. The average Bonchev–Trinajstić information content (AvgIpc) is 3.43. The molecule has 2 N–H and O–H groups in total. The normalized spacial score (nSPS) is 15.1. The molecule has 4 aromatic rings. The average molecular weight is 454 g/mol. The van der Waals surface area contributed by atoms with E-state index in [4.69, 9.17) is 0 Å². The van der Waals surface area contributed by atoms with Crippen molar-refractivity contribution >= 4 is 27.0 Å². The number of rotatable bonds is 5. The van der Waals surface area contributed by atoms with Crippen LogP contribution < -0.4 is 5.69 Å². The smallest absolute Gasteiger partial charge is 0.331 e. The van der Waals surface area contributed by atoms with Crippen LogP contribution in [0.25, 0.3) is 22.2 Å². The fourth-order valence-corrected chi connectivity index (χ4v) is 4.75. The second kappa shape index (κ2) is 6.88. The van der Waals surface area contributed by atoms with Crippen LogP contribution in [-0.4, -0.2) is 29.7 Å². The topological polar surface area (TPSA) is 88.7 Å².